The quantitative estimate of drug-likeness (QED) is 0.0916. The van der Waals surface area contributed by atoms with E-state index in [1.165, 1.54) is 6.21 Å². The Kier molecular flexibility index (Phi) is 8.32. The lowest BCUT2D eigenvalue weighted by Crippen LogP contribution is -2.17. The van der Waals surface area contributed by atoms with Crippen LogP contribution in [0.2, 0.25) is 5.02 Å². The first-order valence-corrected chi connectivity index (χ1v) is 12.0. The number of hydrazone groups is 1. The molecule has 4 aromatic carbocycles. The Labute approximate surface area is 214 Å². The molecule has 4 aromatic rings. The highest BCUT2D eigenvalue weighted by molar-refractivity contribution is 6.30. The molecule has 0 spiro atoms. The molecule has 0 saturated carbocycles. The molecule has 0 aliphatic carbocycles. The van der Waals surface area contributed by atoms with E-state index in [9.17, 15) is 9.59 Å². The Balaban J connectivity index is 1.51. The molecular formula is C29H25ClN2O4. The van der Waals surface area contributed by atoms with Crippen molar-refractivity contribution in [3.63, 3.8) is 0 Å². The molecule has 0 radical (unpaired) electrons. The highest BCUT2D eigenvalue weighted by Gasteiger charge is 2.14. The van der Waals surface area contributed by atoms with Crippen molar-refractivity contribution in [2.45, 2.75) is 19.8 Å². The zero-order valence-corrected chi connectivity index (χ0v) is 20.5. The van der Waals surface area contributed by atoms with Gasteiger partial charge in [0.15, 0.2) is 0 Å². The van der Waals surface area contributed by atoms with Crippen LogP contribution in [-0.2, 0) is 0 Å². The van der Waals surface area contributed by atoms with Crippen LogP contribution in [0.1, 0.15) is 46.0 Å². The summed E-state index contributed by atoms with van der Waals surface area (Å²) in [7, 11) is 0. The first-order valence-electron chi connectivity index (χ1n) is 11.6. The molecule has 1 amide bonds. The maximum absolute atomic E-state index is 12.7. The molecule has 0 heterocycles. The fraction of sp³-hybridized carbons (Fsp3) is 0.138. The van der Waals surface area contributed by atoms with E-state index in [0.717, 1.165) is 23.6 Å². The fourth-order valence-electron chi connectivity index (χ4n) is 3.50. The zero-order chi connectivity index (χ0) is 25.3. The van der Waals surface area contributed by atoms with Gasteiger partial charge in [0.1, 0.15) is 11.5 Å². The Hall–Kier alpha value is -4.16. The minimum atomic E-state index is -0.526. The van der Waals surface area contributed by atoms with E-state index in [1.807, 2.05) is 30.3 Å². The van der Waals surface area contributed by atoms with Crippen molar-refractivity contribution in [2.75, 3.05) is 6.61 Å². The third-order valence-electron chi connectivity index (χ3n) is 5.46. The van der Waals surface area contributed by atoms with Crippen LogP contribution < -0.4 is 14.9 Å². The molecule has 182 valence electrons. The van der Waals surface area contributed by atoms with Crippen molar-refractivity contribution < 1.29 is 19.1 Å². The monoisotopic (exact) mass is 500 g/mol. The first kappa shape index (κ1) is 24.9. The van der Waals surface area contributed by atoms with Gasteiger partial charge in [0.2, 0.25) is 0 Å². The molecule has 4 rings (SSSR count). The SMILES string of the molecule is CCCCOc1ccc(C(=O)N/N=C/c2c(OC(=O)c3ccc(Cl)cc3)ccc3ccccc23)cc1. The van der Waals surface area contributed by atoms with E-state index >= 15 is 0 Å². The summed E-state index contributed by atoms with van der Waals surface area (Å²) in [6.45, 7) is 2.74. The number of benzene rings is 4. The summed E-state index contributed by atoms with van der Waals surface area (Å²) < 4.78 is 11.3. The molecule has 36 heavy (non-hydrogen) atoms. The number of nitrogens with one attached hydrogen (secondary N) is 1. The summed E-state index contributed by atoms with van der Waals surface area (Å²) in [5.74, 6) is 0.139. The van der Waals surface area contributed by atoms with Gasteiger partial charge >= 0.3 is 5.97 Å². The zero-order valence-electron chi connectivity index (χ0n) is 19.7. The number of carbonyl (C=O) groups is 2. The van der Waals surface area contributed by atoms with Gasteiger partial charge in [-0.05, 0) is 71.8 Å². The van der Waals surface area contributed by atoms with Crippen molar-refractivity contribution >= 4 is 40.5 Å². The van der Waals surface area contributed by atoms with Crippen LogP contribution in [0, 0.1) is 0 Å². The van der Waals surface area contributed by atoms with Gasteiger partial charge in [-0.1, -0.05) is 55.3 Å². The predicted molar refractivity (Wildman–Crippen MR) is 142 cm³/mol. The van der Waals surface area contributed by atoms with E-state index in [4.69, 9.17) is 21.1 Å². The topological polar surface area (TPSA) is 77.0 Å². The van der Waals surface area contributed by atoms with E-state index in [1.54, 1.807) is 54.6 Å². The van der Waals surface area contributed by atoms with E-state index < -0.39 is 5.97 Å². The number of carbonyl (C=O) groups excluding carboxylic acids is 2. The lowest BCUT2D eigenvalue weighted by atomic mass is 10.0. The maximum Gasteiger partial charge on any atom is 0.343 e. The summed E-state index contributed by atoms with van der Waals surface area (Å²) in [4.78, 5) is 25.3. The Morgan fingerprint density at radius 2 is 1.64 bits per heavy atom. The van der Waals surface area contributed by atoms with Crippen molar-refractivity contribution in [1.82, 2.24) is 5.43 Å². The van der Waals surface area contributed by atoms with Gasteiger partial charge < -0.3 is 9.47 Å². The van der Waals surface area contributed by atoms with E-state index in [0.29, 0.717) is 39.8 Å². The predicted octanol–water partition coefficient (Wildman–Crippen LogP) is 6.66. The smallest absolute Gasteiger partial charge is 0.343 e. The lowest BCUT2D eigenvalue weighted by molar-refractivity contribution is 0.0734. The molecule has 0 bridgehead atoms. The van der Waals surface area contributed by atoms with E-state index in [-0.39, 0.29) is 5.91 Å². The summed E-state index contributed by atoms with van der Waals surface area (Å²) in [6.07, 6.45) is 3.51. The Bertz CT molecular complexity index is 1380. The van der Waals surface area contributed by atoms with Gasteiger partial charge in [0.05, 0.1) is 18.4 Å². The number of rotatable bonds is 9. The highest BCUT2D eigenvalue weighted by atomic mass is 35.5. The van der Waals surface area contributed by atoms with Crippen LogP contribution in [0.25, 0.3) is 10.8 Å². The molecule has 7 heteroatoms. The summed E-state index contributed by atoms with van der Waals surface area (Å²) in [6, 6.07) is 24.5. The van der Waals surface area contributed by atoms with Gasteiger partial charge in [-0.15, -0.1) is 0 Å². The second-order valence-corrected chi connectivity index (χ2v) is 8.46. The van der Waals surface area contributed by atoms with Crippen LogP contribution in [-0.4, -0.2) is 24.7 Å². The number of hydrogen-bond acceptors (Lipinski definition) is 5. The minimum absolute atomic E-state index is 0.320. The van der Waals surface area contributed by atoms with Crippen LogP contribution in [0.3, 0.4) is 0 Å². The Morgan fingerprint density at radius 3 is 2.39 bits per heavy atom. The summed E-state index contributed by atoms with van der Waals surface area (Å²) in [5.41, 5.74) is 3.92. The average molecular weight is 501 g/mol. The van der Waals surface area contributed by atoms with Crippen molar-refractivity contribution in [1.29, 1.82) is 0 Å². The van der Waals surface area contributed by atoms with Gasteiger partial charge in [-0.3, -0.25) is 4.79 Å². The molecular weight excluding hydrogens is 476 g/mol. The fourth-order valence-corrected chi connectivity index (χ4v) is 3.63. The normalized spacial score (nSPS) is 10.9. The third-order valence-corrected chi connectivity index (χ3v) is 5.71. The number of ether oxygens (including phenoxy) is 2. The number of amides is 1. The molecule has 6 nitrogen and oxygen atoms in total. The molecule has 0 aliphatic rings. The number of unbranched alkanes of at least 4 members (excludes halogenated alkanes) is 1. The summed E-state index contributed by atoms with van der Waals surface area (Å²) in [5, 5.41) is 6.43. The largest absolute Gasteiger partial charge is 0.494 e. The van der Waals surface area contributed by atoms with Crippen molar-refractivity contribution in [2.24, 2.45) is 5.10 Å². The Morgan fingerprint density at radius 1 is 0.917 bits per heavy atom. The standard InChI is InChI=1S/C29H25ClN2O4/c1-2-3-18-35-24-15-10-21(11-16-24)28(33)32-31-19-26-25-7-5-4-6-20(25)12-17-27(26)36-29(34)22-8-13-23(30)14-9-22/h4-17,19H,2-3,18H2,1H3,(H,32,33)/b31-19+. The maximum atomic E-state index is 12.7. The van der Waals surface area contributed by atoms with Crippen LogP contribution in [0.5, 0.6) is 11.5 Å². The third kappa shape index (κ3) is 6.29. The molecule has 0 fully saturated rings. The average Bonchev–Trinajstić information content (AvgIpc) is 2.90. The molecule has 0 unspecified atom stereocenters. The van der Waals surface area contributed by atoms with Gasteiger partial charge in [0.25, 0.3) is 5.91 Å². The second-order valence-electron chi connectivity index (χ2n) is 8.02. The molecule has 0 aromatic heterocycles. The van der Waals surface area contributed by atoms with Gasteiger partial charge in [-0.2, -0.15) is 5.10 Å². The molecule has 0 aliphatic heterocycles. The minimum Gasteiger partial charge on any atom is -0.494 e. The highest BCUT2D eigenvalue weighted by Crippen LogP contribution is 2.27. The van der Waals surface area contributed by atoms with Crippen molar-refractivity contribution in [3.05, 3.63) is 107 Å². The number of halogens is 1. The number of fused-ring (bicyclic) bond motifs is 1. The lowest BCUT2D eigenvalue weighted by Gasteiger charge is -2.11. The van der Waals surface area contributed by atoms with Crippen LogP contribution in [0.4, 0.5) is 0 Å². The molecule has 0 atom stereocenters. The first-order chi connectivity index (χ1) is 17.5. The van der Waals surface area contributed by atoms with E-state index in [2.05, 4.69) is 17.5 Å². The van der Waals surface area contributed by atoms with Gasteiger partial charge in [0, 0.05) is 16.1 Å². The molecule has 1 N–H and O–H groups in total. The number of esters is 1. The van der Waals surface area contributed by atoms with Crippen molar-refractivity contribution in [3.8, 4) is 11.5 Å². The number of nitrogens with zero attached hydrogens (tertiary/aromatic N) is 1. The van der Waals surface area contributed by atoms with Gasteiger partial charge in [-0.25, -0.2) is 10.2 Å². The number of hydrogen-bond donors (Lipinski definition) is 1. The van der Waals surface area contributed by atoms with Crippen LogP contribution >= 0.6 is 11.6 Å². The molecule has 0 saturated heterocycles. The summed E-state index contributed by atoms with van der Waals surface area (Å²) >= 11 is 5.92. The van der Waals surface area contributed by atoms with Crippen LogP contribution in [0.15, 0.2) is 90.0 Å². The second kappa shape index (κ2) is 12.0.